The molecule has 1 N–H and O–H groups in total. The first-order valence-electron chi connectivity index (χ1n) is 7.13. The maximum Gasteiger partial charge on any atom is 0.222 e. The molecular weight excluding hydrogens is 228 g/mol. The number of aliphatic hydroxyl groups excluding tert-OH is 1. The van der Waals surface area contributed by atoms with E-state index in [0.717, 1.165) is 25.9 Å². The maximum atomic E-state index is 12.2. The number of hydrogen-bond acceptors (Lipinski definition) is 3. The van der Waals surface area contributed by atoms with Crippen LogP contribution in [-0.4, -0.2) is 60.1 Å². The van der Waals surface area contributed by atoms with Crippen molar-refractivity contribution in [1.29, 1.82) is 0 Å². The number of hydrogen-bond donors (Lipinski definition) is 1. The quantitative estimate of drug-likeness (QED) is 0.750. The minimum atomic E-state index is -0.381. The van der Waals surface area contributed by atoms with Crippen LogP contribution in [0.2, 0.25) is 0 Å². The van der Waals surface area contributed by atoms with Crippen molar-refractivity contribution in [3.63, 3.8) is 0 Å². The average molecular weight is 256 g/mol. The zero-order valence-corrected chi connectivity index (χ0v) is 12.1. The van der Waals surface area contributed by atoms with Gasteiger partial charge in [-0.15, -0.1) is 0 Å². The van der Waals surface area contributed by atoms with E-state index in [2.05, 4.69) is 9.80 Å². The third kappa shape index (κ3) is 5.36. The first kappa shape index (κ1) is 15.4. The lowest BCUT2D eigenvalue weighted by molar-refractivity contribution is -0.134. The monoisotopic (exact) mass is 256 g/mol. The Kier molecular flexibility index (Phi) is 6.65. The number of aliphatic hydroxyl groups is 1. The van der Waals surface area contributed by atoms with Gasteiger partial charge in [0.15, 0.2) is 0 Å². The van der Waals surface area contributed by atoms with E-state index >= 15 is 0 Å². The Morgan fingerprint density at radius 3 is 2.39 bits per heavy atom. The minimum Gasteiger partial charge on any atom is -0.393 e. The van der Waals surface area contributed by atoms with E-state index in [1.165, 1.54) is 12.8 Å². The molecule has 0 spiro atoms. The minimum absolute atomic E-state index is 0.213. The summed E-state index contributed by atoms with van der Waals surface area (Å²) in [6, 6.07) is 0.437. The topological polar surface area (TPSA) is 43.8 Å². The molecule has 1 fully saturated rings. The lowest BCUT2D eigenvalue weighted by atomic mass is 10.1. The molecule has 0 bridgehead atoms. The van der Waals surface area contributed by atoms with Gasteiger partial charge in [0.1, 0.15) is 0 Å². The normalized spacial score (nSPS) is 18.3. The summed E-state index contributed by atoms with van der Waals surface area (Å²) in [4.78, 5) is 16.4. The van der Waals surface area contributed by atoms with Crippen LogP contribution in [0.4, 0.5) is 0 Å². The van der Waals surface area contributed by atoms with Gasteiger partial charge >= 0.3 is 0 Å². The standard InChI is InChI=1S/C14H28N2O2/c1-12(17)8-9-14(18)16(11-10-15(2)3)13-6-4-5-7-13/h12-13,17H,4-11H2,1-3H3. The van der Waals surface area contributed by atoms with Crippen LogP contribution in [0.1, 0.15) is 45.4 Å². The van der Waals surface area contributed by atoms with Gasteiger partial charge in [-0.25, -0.2) is 0 Å². The van der Waals surface area contributed by atoms with Crippen LogP contribution < -0.4 is 0 Å². The fourth-order valence-corrected chi connectivity index (χ4v) is 2.51. The first-order chi connectivity index (χ1) is 8.50. The molecule has 0 aromatic heterocycles. The van der Waals surface area contributed by atoms with Crippen molar-refractivity contribution in [1.82, 2.24) is 9.80 Å². The van der Waals surface area contributed by atoms with Gasteiger partial charge in [0.05, 0.1) is 6.10 Å². The molecule has 0 aromatic carbocycles. The summed E-state index contributed by atoms with van der Waals surface area (Å²) in [6.45, 7) is 3.47. The second kappa shape index (κ2) is 7.74. The zero-order valence-electron chi connectivity index (χ0n) is 12.1. The molecule has 4 heteroatoms. The summed E-state index contributed by atoms with van der Waals surface area (Å²) < 4.78 is 0. The van der Waals surface area contributed by atoms with Crippen molar-refractivity contribution in [2.75, 3.05) is 27.2 Å². The van der Waals surface area contributed by atoms with Crippen LogP contribution in [-0.2, 0) is 4.79 Å². The molecule has 0 aliphatic heterocycles. The van der Waals surface area contributed by atoms with Crippen LogP contribution >= 0.6 is 0 Å². The molecule has 1 rings (SSSR count). The molecular formula is C14H28N2O2. The average Bonchev–Trinajstić information content (AvgIpc) is 2.79. The SMILES string of the molecule is CC(O)CCC(=O)N(CCN(C)C)C1CCCC1. The molecule has 1 aliphatic carbocycles. The van der Waals surface area contributed by atoms with Crippen LogP contribution in [0.3, 0.4) is 0 Å². The number of amides is 1. The van der Waals surface area contributed by atoms with Crippen molar-refractivity contribution >= 4 is 5.91 Å². The van der Waals surface area contributed by atoms with E-state index < -0.39 is 0 Å². The highest BCUT2D eigenvalue weighted by Crippen LogP contribution is 2.24. The van der Waals surface area contributed by atoms with E-state index in [9.17, 15) is 9.90 Å². The number of likely N-dealkylation sites (N-methyl/N-ethyl adjacent to an activating group) is 1. The molecule has 1 saturated carbocycles. The van der Waals surface area contributed by atoms with Gasteiger partial charge in [-0.05, 0) is 40.3 Å². The van der Waals surface area contributed by atoms with Crippen molar-refractivity contribution in [3.05, 3.63) is 0 Å². The van der Waals surface area contributed by atoms with Crippen molar-refractivity contribution in [2.45, 2.75) is 57.6 Å². The zero-order chi connectivity index (χ0) is 13.5. The Morgan fingerprint density at radius 2 is 1.89 bits per heavy atom. The van der Waals surface area contributed by atoms with Crippen LogP contribution in [0.15, 0.2) is 0 Å². The van der Waals surface area contributed by atoms with Crippen LogP contribution in [0.5, 0.6) is 0 Å². The molecule has 4 nitrogen and oxygen atoms in total. The predicted octanol–water partition coefficient (Wildman–Crippen LogP) is 1.48. The van der Waals surface area contributed by atoms with Gasteiger partial charge in [-0.3, -0.25) is 4.79 Å². The van der Waals surface area contributed by atoms with Crippen LogP contribution in [0.25, 0.3) is 0 Å². The highest BCUT2D eigenvalue weighted by Gasteiger charge is 2.26. The van der Waals surface area contributed by atoms with Gasteiger partial charge in [0.25, 0.3) is 0 Å². The smallest absolute Gasteiger partial charge is 0.222 e. The summed E-state index contributed by atoms with van der Waals surface area (Å²) in [6.07, 6.45) is 5.45. The summed E-state index contributed by atoms with van der Waals surface area (Å²) in [5.41, 5.74) is 0. The Balaban J connectivity index is 2.49. The molecule has 0 radical (unpaired) electrons. The number of carbonyl (C=O) groups is 1. The summed E-state index contributed by atoms with van der Waals surface area (Å²) in [5.74, 6) is 0.213. The highest BCUT2D eigenvalue weighted by atomic mass is 16.3. The number of rotatable bonds is 7. The van der Waals surface area contributed by atoms with Crippen molar-refractivity contribution < 1.29 is 9.90 Å². The molecule has 1 amide bonds. The third-order valence-corrected chi connectivity index (χ3v) is 3.65. The van der Waals surface area contributed by atoms with E-state index in [1.807, 2.05) is 14.1 Å². The number of nitrogens with zero attached hydrogens (tertiary/aromatic N) is 2. The third-order valence-electron chi connectivity index (χ3n) is 3.65. The van der Waals surface area contributed by atoms with E-state index in [4.69, 9.17) is 0 Å². The van der Waals surface area contributed by atoms with Gasteiger partial charge < -0.3 is 14.9 Å². The Hall–Kier alpha value is -0.610. The van der Waals surface area contributed by atoms with E-state index in [-0.39, 0.29) is 12.0 Å². The molecule has 18 heavy (non-hydrogen) atoms. The Bertz CT molecular complexity index is 248. The second-order valence-electron chi connectivity index (χ2n) is 5.72. The molecule has 1 atom stereocenters. The van der Waals surface area contributed by atoms with Gasteiger partial charge in [0, 0.05) is 25.6 Å². The molecule has 1 unspecified atom stereocenters. The lowest BCUT2D eigenvalue weighted by Gasteiger charge is -2.30. The molecule has 106 valence electrons. The molecule has 0 aromatic rings. The van der Waals surface area contributed by atoms with Crippen molar-refractivity contribution in [3.8, 4) is 0 Å². The molecule has 1 aliphatic rings. The first-order valence-corrected chi connectivity index (χ1v) is 7.13. The lowest BCUT2D eigenvalue weighted by Crippen LogP contribution is -2.42. The van der Waals surface area contributed by atoms with Gasteiger partial charge in [0.2, 0.25) is 5.91 Å². The second-order valence-corrected chi connectivity index (χ2v) is 5.72. The highest BCUT2D eigenvalue weighted by molar-refractivity contribution is 5.76. The molecule has 0 heterocycles. The van der Waals surface area contributed by atoms with Gasteiger partial charge in [-0.2, -0.15) is 0 Å². The van der Waals surface area contributed by atoms with E-state index in [0.29, 0.717) is 18.9 Å². The number of carbonyl (C=O) groups excluding carboxylic acids is 1. The summed E-state index contributed by atoms with van der Waals surface area (Å²) >= 11 is 0. The predicted molar refractivity (Wildman–Crippen MR) is 73.4 cm³/mol. The van der Waals surface area contributed by atoms with E-state index in [1.54, 1.807) is 6.92 Å². The Morgan fingerprint density at radius 1 is 1.28 bits per heavy atom. The van der Waals surface area contributed by atoms with Crippen LogP contribution in [0, 0.1) is 0 Å². The largest absolute Gasteiger partial charge is 0.393 e. The maximum absolute atomic E-state index is 12.2. The Labute approximate surface area is 111 Å². The summed E-state index contributed by atoms with van der Waals surface area (Å²) in [7, 11) is 4.07. The fourth-order valence-electron chi connectivity index (χ4n) is 2.51. The summed E-state index contributed by atoms with van der Waals surface area (Å²) in [5, 5.41) is 9.29. The van der Waals surface area contributed by atoms with Crippen molar-refractivity contribution in [2.24, 2.45) is 0 Å². The van der Waals surface area contributed by atoms with Gasteiger partial charge in [-0.1, -0.05) is 12.8 Å². The fraction of sp³-hybridized carbons (Fsp3) is 0.929. The molecule has 0 saturated heterocycles.